The first-order valence-corrected chi connectivity index (χ1v) is 13.4. The molecule has 2 amide bonds. The third-order valence-electron chi connectivity index (χ3n) is 7.21. The number of rotatable bonds is 5. The van der Waals surface area contributed by atoms with Crippen LogP contribution in [0.3, 0.4) is 0 Å². The number of carbonyl (C=O) groups excluding carboxylic acids is 2. The van der Waals surface area contributed by atoms with Crippen LogP contribution in [-0.2, 0) is 22.5 Å². The SMILES string of the molecule is CCC[C@@H]1CN(c2nc(C3CC3)c3c(c2C#N)CCN(C(=O)OC(C)(C)C)C3)CCN1C(=O)CC(F)(F)F. The van der Waals surface area contributed by atoms with E-state index in [1.54, 1.807) is 4.90 Å². The van der Waals surface area contributed by atoms with E-state index >= 15 is 0 Å². The molecule has 2 fully saturated rings. The van der Waals surface area contributed by atoms with E-state index in [2.05, 4.69) is 6.07 Å². The van der Waals surface area contributed by atoms with Gasteiger partial charge in [-0.2, -0.15) is 18.4 Å². The summed E-state index contributed by atoms with van der Waals surface area (Å²) in [5.74, 6) is -0.103. The van der Waals surface area contributed by atoms with Crippen molar-refractivity contribution in [1.29, 1.82) is 5.26 Å². The molecule has 11 heteroatoms. The van der Waals surface area contributed by atoms with Crippen LogP contribution in [0.25, 0.3) is 0 Å². The molecule has 0 radical (unpaired) electrons. The average Bonchev–Trinajstić information content (AvgIpc) is 3.66. The molecule has 38 heavy (non-hydrogen) atoms. The summed E-state index contributed by atoms with van der Waals surface area (Å²) in [5.41, 5.74) is 2.54. The Morgan fingerprint density at radius 3 is 2.42 bits per heavy atom. The van der Waals surface area contributed by atoms with Gasteiger partial charge in [0.15, 0.2) is 0 Å². The minimum absolute atomic E-state index is 0.147. The molecule has 1 aromatic heterocycles. The van der Waals surface area contributed by atoms with Crippen molar-refractivity contribution in [1.82, 2.24) is 14.8 Å². The number of carbonyl (C=O) groups is 2. The molecule has 4 rings (SSSR count). The van der Waals surface area contributed by atoms with Crippen molar-refractivity contribution in [2.45, 2.75) is 96.5 Å². The molecule has 8 nitrogen and oxygen atoms in total. The molecule has 0 bridgehead atoms. The second-order valence-electron chi connectivity index (χ2n) is 11.5. The number of pyridine rings is 1. The summed E-state index contributed by atoms with van der Waals surface area (Å²) >= 11 is 0. The lowest BCUT2D eigenvalue weighted by Crippen LogP contribution is -2.56. The van der Waals surface area contributed by atoms with Gasteiger partial charge in [-0.1, -0.05) is 13.3 Å². The Kier molecular flexibility index (Phi) is 7.82. The fraction of sp³-hybridized carbons (Fsp3) is 0.704. The minimum Gasteiger partial charge on any atom is -0.444 e. The molecule has 1 saturated heterocycles. The molecular weight excluding hydrogens is 499 g/mol. The summed E-state index contributed by atoms with van der Waals surface area (Å²) in [5, 5.41) is 10.2. The van der Waals surface area contributed by atoms with Gasteiger partial charge in [0.05, 0.1) is 17.8 Å². The van der Waals surface area contributed by atoms with Crippen LogP contribution in [0.15, 0.2) is 0 Å². The average molecular weight is 536 g/mol. The van der Waals surface area contributed by atoms with E-state index in [4.69, 9.17) is 9.72 Å². The molecule has 1 atom stereocenters. The van der Waals surface area contributed by atoms with Gasteiger partial charge in [-0.15, -0.1) is 0 Å². The fourth-order valence-electron chi connectivity index (χ4n) is 5.40. The van der Waals surface area contributed by atoms with E-state index in [-0.39, 0.29) is 18.5 Å². The molecule has 0 unspecified atom stereocenters. The number of nitriles is 1. The zero-order chi connectivity index (χ0) is 27.8. The van der Waals surface area contributed by atoms with Crippen molar-refractivity contribution < 1.29 is 27.5 Å². The highest BCUT2D eigenvalue weighted by atomic mass is 19.4. The molecule has 3 aliphatic rings. The van der Waals surface area contributed by atoms with Crippen LogP contribution in [-0.4, -0.2) is 70.8 Å². The first kappa shape index (κ1) is 28.0. The summed E-state index contributed by atoms with van der Waals surface area (Å²) in [6.07, 6.45) is -2.67. The predicted molar refractivity (Wildman–Crippen MR) is 135 cm³/mol. The fourth-order valence-corrected chi connectivity index (χ4v) is 5.40. The lowest BCUT2D eigenvalue weighted by Gasteiger charge is -2.43. The number of nitrogens with zero attached hydrogens (tertiary/aromatic N) is 5. The van der Waals surface area contributed by atoms with E-state index in [9.17, 15) is 28.0 Å². The monoisotopic (exact) mass is 535 g/mol. The van der Waals surface area contributed by atoms with E-state index in [1.165, 1.54) is 4.90 Å². The highest BCUT2D eigenvalue weighted by Crippen LogP contribution is 2.45. The Balaban J connectivity index is 1.63. The van der Waals surface area contributed by atoms with Crippen LogP contribution in [0.4, 0.5) is 23.8 Å². The van der Waals surface area contributed by atoms with Gasteiger partial charge in [0.2, 0.25) is 5.91 Å². The van der Waals surface area contributed by atoms with Gasteiger partial charge in [0.25, 0.3) is 0 Å². The molecule has 1 saturated carbocycles. The van der Waals surface area contributed by atoms with Gasteiger partial charge < -0.3 is 19.4 Å². The highest BCUT2D eigenvalue weighted by molar-refractivity contribution is 5.78. The second kappa shape index (κ2) is 10.6. The molecule has 1 aliphatic carbocycles. The first-order valence-electron chi connectivity index (χ1n) is 13.4. The maximum absolute atomic E-state index is 12.9. The van der Waals surface area contributed by atoms with Gasteiger partial charge in [-0.25, -0.2) is 9.78 Å². The maximum Gasteiger partial charge on any atom is 0.410 e. The number of piperazine rings is 1. The minimum atomic E-state index is -4.55. The number of fused-ring (bicyclic) bond motifs is 1. The van der Waals surface area contributed by atoms with Crippen molar-refractivity contribution in [2.24, 2.45) is 0 Å². The number of alkyl halides is 3. The molecule has 208 valence electrons. The summed E-state index contributed by atoms with van der Waals surface area (Å²) in [6, 6.07) is 1.94. The summed E-state index contributed by atoms with van der Waals surface area (Å²) < 4.78 is 44.3. The van der Waals surface area contributed by atoms with Gasteiger partial charge in [0, 0.05) is 38.1 Å². The van der Waals surface area contributed by atoms with Crippen LogP contribution in [0, 0.1) is 11.3 Å². The van der Waals surface area contributed by atoms with Crippen LogP contribution in [0.5, 0.6) is 0 Å². The smallest absolute Gasteiger partial charge is 0.410 e. The van der Waals surface area contributed by atoms with E-state index in [0.717, 1.165) is 29.7 Å². The molecular formula is C27H36F3N5O3. The Labute approximate surface area is 221 Å². The molecule has 0 N–H and O–H groups in total. The zero-order valence-corrected chi connectivity index (χ0v) is 22.5. The van der Waals surface area contributed by atoms with Crippen molar-refractivity contribution in [3.63, 3.8) is 0 Å². The van der Waals surface area contributed by atoms with E-state index < -0.39 is 30.2 Å². The number of hydrogen-bond acceptors (Lipinski definition) is 6. The molecule has 3 heterocycles. The standard InChI is InChI=1S/C27H36F3N5O3/c1-5-6-18-15-33(11-12-35(18)22(36)13-27(28,29)30)24-20(14-31)19-9-10-34(25(37)38-26(2,3)4)16-21(19)23(32-24)17-7-8-17/h17-18H,5-13,15-16H2,1-4H3/t18-/m1/s1. The van der Waals surface area contributed by atoms with E-state index in [0.29, 0.717) is 56.8 Å². The van der Waals surface area contributed by atoms with Crippen LogP contribution < -0.4 is 4.90 Å². The van der Waals surface area contributed by atoms with Crippen molar-refractivity contribution >= 4 is 17.8 Å². The lowest BCUT2D eigenvalue weighted by atomic mass is 9.92. The number of ether oxygens (including phenoxy) is 1. The molecule has 1 aromatic rings. The zero-order valence-electron chi connectivity index (χ0n) is 22.5. The quantitative estimate of drug-likeness (QED) is 0.533. The molecule has 0 spiro atoms. The predicted octanol–water partition coefficient (Wildman–Crippen LogP) is 4.89. The van der Waals surface area contributed by atoms with Crippen molar-refractivity contribution in [2.75, 3.05) is 31.1 Å². The molecule has 0 aromatic carbocycles. The van der Waals surface area contributed by atoms with Crippen molar-refractivity contribution in [3.05, 3.63) is 22.4 Å². The van der Waals surface area contributed by atoms with Gasteiger partial charge >= 0.3 is 12.3 Å². The Morgan fingerprint density at radius 1 is 1.13 bits per heavy atom. The number of anilines is 1. The van der Waals surface area contributed by atoms with Crippen LogP contribution in [0.1, 0.15) is 88.1 Å². The summed E-state index contributed by atoms with van der Waals surface area (Å²) in [7, 11) is 0. The summed E-state index contributed by atoms with van der Waals surface area (Å²) in [6.45, 7) is 8.93. The normalized spacial score (nSPS) is 20.2. The number of aromatic nitrogens is 1. The van der Waals surface area contributed by atoms with Gasteiger partial charge in [-0.05, 0) is 57.6 Å². The second-order valence-corrected chi connectivity index (χ2v) is 11.5. The Bertz CT molecular complexity index is 1120. The number of hydrogen-bond donors (Lipinski definition) is 0. The third-order valence-corrected chi connectivity index (χ3v) is 7.21. The highest BCUT2D eigenvalue weighted by Gasteiger charge is 2.40. The van der Waals surface area contributed by atoms with Crippen LogP contribution >= 0.6 is 0 Å². The van der Waals surface area contributed by atoms with Gasteiger partial charge in [-0.3, -0.25) is 4.79 Å². The van der Waals surface area contributed by atoms with Gasteiger partial charge in [0.1, 0.15) is 23.9 Å². The number of amides is 2. The Hall–Kier alpha value is -3.03. The first-order chi connectivity index (χ1) is 17.8. The topological polar surface area (TPSA) is 89.8 Å². The Morgan fingerprint density at radius 2 is 1.84 bits per heavy atom. The van der Waals surface area contributed by atoms with E-state index in [1.807, 2.05) is 32.6 Å². The molecule has 2 aliphatic heterocycles. The van der Waals surface area contributed by atoms with Crippen molar-refractivity contribution in [3.8, 4) is 6.07 Å². The maximum atomic E-state index is 12.9. The number of halogens is 3. The lowest BCUT2D eigenvalue weighted by molar-refractivity contribution is -0.163. The largest absolute Gasteiger partial charge is 0.444 e. The van der Waals surface area contributed by atoms with Crippen LogP contribution in [0.2, 0.25) is 0 Å². The summed E-state index contributed by atoms with van der Waals surface area (Å²) in [4.78, 5) is 35.2. The third kappa shape index (κ3) is 6.33.